The van der Waals surface area contributed by atoms with E-state index in [0.29, 0.717) is 17.7 Å². The van der Waals surface area contributed by atoms with Crippen molar-refractivity contribution in [1.29, 1.82) is 5.26 Å². The summed E-state index contributed by atoms with van der Waals surface area (Å²) in [5.41, 5.74) is 6.36. The Morgan fingerprint density at radius 3 is 2.61 bits per heavy atom. The fourth-order valence-corrected chi connectivity index (χ4v) is 1.81. The first-order valence-corrected chi connectivity index (χ1v) is 6.13. The average Bonchev–Trinajstić information content (AvgIpc) is 2.44. The van der Waals surface area contributed by atoms with Gasteiger partial charge in [0.1, 0.15) is 0 Å². The van der Waals surface area contributed by atoms with E-state index in [1.807, 2.05) is 19.9 Å². The summed E-state index contributed by atoms with van der Waals surface area (Å²) in [6.45, 7) is 4.41. The molecule has 0 saturated carbocycles. The van der Waals surface area contributed by atoms with Crippen molar-refractivity contribution in [3.63, 3.8) is 0 Å². The molecule has 0 atom stereocenters. The minimum Gasteiger partial charge on any atom is -0.345 e. The predicted molar refractivity (Wildman–Crippen MR) is 71.0 cm³/mol. The van der Waals surface area contributed by atoms with E-state index in [1.165, 1.54) is 0 Å². The van der Waals surface area contributed by atoms with E-state index < -0.39 is 0 Å². The summed E-state index contributed by atoms with van der Waals surface area (Å²) < 4.78 is 0. The highest BCUT2D eigenvalue weighted by Crippen LogP contribution is 2.15. The van der Waals surface area contributed by atoms with E-state index in [0.717, 1.165) is 12.8 Å². The molecule has 0 aromatic heterocycles. The van der Waals surface area contributed by atoms with Crippen LogP contribution < -0.4 is 11.1 Å². The smallest absolute Gasteiger partial charge is 0.251 e. The number of carbonyl (C=O) groups is 1. The van der Waals surface area contributed by atoms with Crippen molar-refractivity contribution >= 4 is 5.91 Å². The number of nitrogens with zero attached hydrogens (tertiary/aromatic N) is 1. The lowest BCUT2D eigenvalue weighted by Crippen LogP contribution is -2.52. The van der Waals surface area contributed by atoms with E-state index in [-0.39, 0.29) is 11.4 Å². The third kappa shape index (κ3) is 3.08. The van der Waals surface area contributed by atoms with Crippen LogP contribution in [0, 0.1) is 11.3 Å². The topological polar surface area (TPSA) is 78.9 Å². The summed E-state index contributed by atoms with van der Waals surface area (Å²) in [6.07, 6.45) is 1.56. The zero-order valence-electron chi connectivity index (χ0n) is 10.9. The van der Waals surface area contributed by atoms with Crippen LogP contribution in [0.1, 0.15) is 42.6 Å². The molecule has 1 aromatic rings. The molecule has 0 bridgehead atoms. The zero-order chi connectivity index (χ0) is 13.6. The molecule has 0 saturated heterocycles. The Labute approximate surface area is 108 Å². The number of hydrogen-bond donors (Lipinski definition) is 2. The van der Waals surface area contributed by atoms with Gasteiger partial charge in [-0.1, -0.05) is 19.9 Å². The third-order valence-electron chi connectivity index (χ3n) is 3.38. The lowest BCUT2D eigenvalue weighted by atomic mass is 9.92. The molecule has 4 nitrogen and oxygen atoms in total. The van der Waals surface area contributed by atoms with Gasteiger partial charge in [0.15, 0.2) is 0 Å². The summed E-state index contributed by atoms with van der Waals surface area (Å²) in [7, 11) is 0. The van der Waals surface area contributed by atoms with Crippen LogP contribution in [-0.4, -0.2) is 18.0 Å². The molecule has 18 heavy (non-hydrogen) atoms. The molecule has 0 heterocycles. The molecule has 1 amide bonds. The van der Waals surface area contributed by atoms with Gasteiger partial charge in [-0.3, -0.25) is 4.79 Å². The van der Waals surface area contributed by atoms with Crippen LogP contribution in [0.15, 0.2) is 24.3 Å². The van der Waals surface area contributed by atoms with E-state index in [9.17, 15) is 4.79 Å². The van der Waals surface area contributed by atoms with Crippen LogP contribution >= 0.6 is 0 Å². The summed E-state index contributed by atoms with van der Waals surface area (Å²) >= 11 is 0. The number of nitrogens with one attached hydrogen (secondary N) is 1. The SMILES string of the molecule is CCC(CC)(CN)NC(=O)c1cccc(C#N)c1. The maximum absolute atomic E-state index is 12.1. The van der Waals surface area contributed by atoms with Gasteiger partial charge in [-0.25, -0.2) is 0 Å². The van der Waals surface area contributed by atoms with Crippen molar-refractivity contribution in [3.05, 3.63) is 35.4 Å². The molecule has 1 rings (SSSR count). The second-order valence-electron chi connectivity index (χ2n) is 4.34. The zero-order valence-corrected chi connectivity index (χ0v) is 10.9. The molecule has 0 unspecified atom stereocenters. The molecule has 0 fully saturated rings. The minimum absolute atomic E-state index is 0.179. The lowest BCUT2D eigenvalue weighted by Gasteiger charge is -2.31. The molecular formula is C14H19N3O. The van der Waals surface area contributed by atoms with Gasteiger partial charge in [-0.05, 0) is 31.0 Å². The highest BCUT2D eigenvalue weighted by molar-refractivity contribution is 5.95. The van der Waals surface area contributed by atoms with Crippen LogP contribution in [0.5, 0.6) is 0 Å². The second-order valence-corrected chi connectivity index (χ2v) is 4.34. The first kappa shape index (κ1) is 14.2. The standard InChI is InChI=1S/C14H19N3O/c1-3-14(4-2,10-16)17-13(18)12-7-5-6-11(8-12)9-15/h5-8H,3-4,10,16H2,1-2H3,(H,17,18). The van der Waals surface area contributed by atoms with E-state index >= 15 is 0 Å². The number of carbonyl (C=O) groups excluding carboxylic acids is 1. The Kier molecular flexibility index (Phi) is 4.87. The van der Waals surface area contributed by atoms with Gasteiger partial charge in [-0.15, -0.1) is 0 Å². The van der Waals surface area contributed by atoms with Gasteiger partial charge in [0, 0.05) is 12.1 Å². The van der Waals surface area contributed by atoms with Crippen LogP contribution in [0.25, 0.3) is 0 Å². The van der Waals surface area contributed by atoms with Crippen LogP contribution in [0.3, 0.4) is 0 Å². The van der Waals surface area contributed by atoms with E-state index in [1.54, 1.807) is 24.3 Å². The molecule has 96 valence electrons. The van der Waals surface area contributed by atoms with Gasteiger partial charge in [0.2, 0.25) is 0 Å². The van der Waals surface area contributed by atoms with Crippen molar-refractivity contribution in [2.24, 2.45) is 5.73 Å². The number of rotatable bonds is 5. The predicted octanol–water partition coefficient (Wildman–Crippen LogP) is 1.81. The minimum atomic E-state index is -0.361. The summed E-state index contributed by atoms with van der Waals surface area (Å²) in [5, 5.41) is 11.8. The molecule has 3 N–H and O–H groups in total. The van der Waals surface area contributed by atoms with E-state index in [2.05, 4.69) is 5.32 Å². The summed E-state index contributed by atoms with van der Waals surface area (Å²) in [4.78, 5) is 12.1. The van der Waals surface area contributed by atoms with Gasteiger partial charge in [0.25, 0.3) is 5.91 Å². The van der Waals surface area contributed by atoms with Crippen LogP contribution in [-0.2, 0) is 0 Å². The molecule has 0 aliphatic carbocycles. The third-order valence-corrected chi connectivity index (χ3v) is 3.38. The number of nitriles is 1. The molecule has 4 heteroatoms. The summed E-state index contributed by atoms with van der Waals surface area (Å²) in [6, 6.07) is 8.68. The molecular weight excluding hydrogens is 226 g/mol. The molecule has 0 aliphatic rings. The van der Waals surface area contributed by atoms with Crippen molar-refractivity contribution in [2.45, 2.75) is 32.2 Å². The maximum Gasteiger partial charge on any atom is 0.251 e. The normalized spacial score (nSPS) is 10.8. The maximum atomic E-state index is 12.1. The number of nitrogens with two attached hydrogens (primary N) is 1. The quantitative estimate of drug-likeness (QED) is 0.830. The van der Waals surface area contributed by atoms with Gasteiger partial charge < -0.3 is 11.1 Å². The molecule has 0 radical (unpaired) electrons. The Morgan fingerprint density at radius 1 is 1.44 bits per heavy atom. The fourth-order valence-electron chi connectivity index (χ4n) is 1.81. The lowest BCUT2D eigenvalue weighted by molar-refractivity contribution is 0.0895. The summed E-state index contributed by atoms with van der Waals surface area (Å²) in [5.74, 6) is -0.179. The monoisotopic (exact) mass is 245 g/mol. The Bertz CT molecular complexity index is 450. The largest absolute Gasteiger partial charge is 0.345 e. The Balaban J connectivity index is 2.91. The van der Waals surface area contributed by atoms with E-state index in [4.69, 9.17) is 11.0 Å². The number of amides is 1. The van der Waals surface area contributed by atoms with Gasteiger partial charge in [0.05, 0.1) is 17.2 Å². The molecule has 0 aliphatic heterocycles. The van der Waals surface area contributed by atoms with Crippen molar-refractivity contribution in [2.75, 3.05) is 6.54 Å². The van der Waals surface area contributed by atoms with Crippen molar-refractivity contribution in [3.8, 4) is 6.07 Å². The second kappa shape index (κ2) is 6.18. The van der Waals surface area contributed by atoms with Crippen molar-refractivity contribution in [1.82, 2.24) is 5.32 Å². The molecule has 0 spiro atoms. The first-order chi connectivity index (χ1) is 8.60. The highest BCUT2D eigenvalue weighted by atomic mass is 16.1. The molecule has 1 aromatic carbocycles. The van der Waals surface area contributed by atoms with Crippen LogP contribution in [0.2, 0.25) is 0 Å². The first-order valence-electron chi connectivity index (χ1n) is 6.13. The van der Waals surface area contributed by atoms with Crippen LogP contribution in [0.4, 0.5) is 0 Å². The van der Waals surface area contributed by atoms with Gasteiger partial charge in [-0.2, -0.15) is 5.26 Å². The Hall–Kier alpha value is -1.86. The number of benzene rings is 1. The van der Waals surface area contributed by atoms with Gasteiger partial charge >= 0.3 is 0 Å². The highest BCUT2D eigenvalue weighted by Gasteiger charge is 2.26. The average molecular weight is 245 g/mol. The Morgan fingerprint density at radius 2 is 2.11 bits per heavy atom. The number of hydrogen-bond acceptors (Lipinski definition) is 3. The fraction of sp³-hybridized carbons (Fsp3) is 0.429. The van der Waals surface area contributed by atoms with Crippen molar-refractivity contribution < 1.29 is 4.79 Å².